The second-order valence-electron chi connectivity index (χ2n) is 4.72. The van der Waals surface area contributed by atoms with Crippen molar-refractivity contribution in [2.75, 3.05) is 7.11 Å². The van der Waals surface area contributed by atoms with Crippen LogP contribution in [-0.2, 0) is 5.60 Å². The molecule has 0 saturated carbocycles. The van der Waals surface area contributed by atoms with Gasteiger partial charge in [-0.25, -0.2) is 4.68 Å². The molecule has 2 aromatic rings. The zero-order valence-electron chi connectivity index (χ0n) is 11.3. The van der Waals surface area contributed by atoms with Crippen molar-refractivity contribution < 1.29 is 14.8 Å². The average molecular weight is 278 g/mol. The van der Waals surface area contributed by atoms with E-state index < -0.39 is 10.5 Å². The minimum absolute atomic E-state index is 0.0755. The molecule has 1 aromatic heterocycles. The summed E-state index contributed by atoms with van der Waals surface area (Å²) in [5.74, 6) is 0.298. The maximum absolute atomic E-state index is 10.7. The minimum Gasteiger partial charge on any atom is -0.494 e. The van der Waals surface area contributed by atoms with Gasteiger partial charge in [-0.3, -0.25) is 10.1 Å². The molecule has 0 atom stereocenters. The fraction of sp³-hybridized carbons (Fsp3) is 0.333. The molecule has 0 unspecified atom stereocenters. The summed E-state index contributed by atoms with van der Waals surface area (Å²) in [6, 6.07) is 4.17. The lowest BCUT2D eigenvalue weighted by Gasteiger charge is -2.12. The van der Waals surface area contributed by atoms with Crippen LogP contribution < -0.4 is 4.74 Å². The van der Waals surface area contributed by atoms with Crippen molar-refractivity contribution >= 4 is 5.69 Å². The second-order valence-corrected chi connectivity index (χ2v) is 4.72. The number of benzene rings is 1. The second kappa shape index (κ2) is 4.89. The van der Waals surface area contributed by atoms with Gasteiger partial charge in [0.2, 0.25) is 0 Å². The zero-order valence-corrected chi connectivity index (χ0v) is 11.3. The molecule has 0 fully saturated rings. The number of hydrogen-bond donors (Lipinski definition) is 1. The van der Waals surface area contributed by atoms with Gasteiger partial charge >= 0.3 is 0 Å². The number of rotatable bonds is 4. The molecule has 1 heterocycles. The van der Waals surface area contributed by atoms with Gasteiger partial charge in [0.25, 0.3) is 5.69 Å². The Kier molecular flexibility index (Phi) is 3.41. The van der Waals surface area contributed by atoms with Crippen LogP contribution >= 0.6 is 0 Å². The van der Waals surface area contributed by atoms with Crippen LogP contribution in [0, 0.1) is 10.1 Å². The number of aromatic nitrogens is 3. The van der Waals surface area contributed by atoms with Crippen molar-refractivity contribution in [3.8, 4) is 11.4 Å². The van der Waals surface area contributed by atoms with Gasteiger partial charge in [-0.15, -0.1) is 5.10 Å². The van der Waals surface area contributed by atoms with Crippen LogP contribution in [0.4, 0.5) is 5.69 Å². The molecule has 106 valence electrons. The first-order valence-electron chi connectivity index (χ1n) is 5.81. The quantitative estimate of drug-likeness (QED) is 0.670. The summed E-state index contributed by atoms with van der Waals surface area (Å²) in [6.07, 6.45) is 1.55. The summed E-state index contributed by atoms with van der Waals surface area (Å²) in [5.41, 5.74) is -0.306. The zero-order chi connectivity index (χ0) is 14.9. The van der Waals surface area contributed by atoms with Crippen molar-refractivity contribution in [1.82, 2.24) is 15.0 Å². The number of nitro benzene ring substituents is 1. The fourth-order valence-corrected chi connectivity index (χ4v) is 1.63. The van der Waals surface area contributed by atoms with Crippen LogP contribution in [0.2, 0.25) is 0 Å². The molecule has 0 aliphatic rings. The van der Waals surface area contributed by atoms with Gasteiger partial charge < -0.3 is 9.84 Å². The van der Waals surface area contributed by atoms with Crippen molar-refractivity contribution in [2.45, 2.75) is 19.4 Å². The molecule has 0 aliphatic carbocycles. The van der Waals surface area contributed by atoms with E-state index in [1.165, 1.54) is 30.0 Å². The van der Waals surface area contributed by atoms with Gasteiger partial charge in [-0.05, 0) is 19.9 Å². The van der Waals surface area contributed by atoms with Crippen LogP contribution in [0.5, 0.6) is 5.75 Å². The van der Waals surface area contributed by atoms with E-state index in [0.717, 1.165) is 0 Å². The summed E-state index contributed by atoms with van der Waals surface area (Å²) >= 11 is 0. The van der Waals surface area contributed by atoms with E-state index >= 15 is 0 Å². The highest BCUT2D eigenvalue weighted by molar-refractivity contribution is 5.52. The molecule has 0 bridgehead atoms. The van der Waals surface area contributed by atoms with Crippen molar-refractivity contribution in [3.05, 3.63) is 40.2 Å². The maximum atomic E-state index is 10.7. The highest BCUT2D eigenvalue weighted by Crippen LogP contribution is 2.28. The van der Waals surface area contributed by atoms with Crippen LogP contribution in [0.15, 0.2) is 24.4 Å². The van der Waals surface area contributed by atoms with Gasteiger partial charge in [-0.2, -0.15) is 0 Å². The van der Waals surface area contributed by atoms with E-state index in [4.69, 9.17) is 4.74 Å². The molecule has 8 nitrogen and oxygen atoms in total. The molecular weight excluding hydrogens is 264 g/mol. The van der Waals surface area contributed by atoms with Gasteiger partial charge in [0.1, 0.15) is 17.0 Å². The fourth-order valence-electron chi connectivity index (χ4n) is 1.63. The molecular formula is C12H14N4O4. The lowest BCUT2D eigenvalue weighted by atomic mass is 10.1. The molecule has 2 rings (SSSR count). The number of nitrogens with zero attached hydrogens (tertiary/aromatic N) is 4. The third-order valence-electron chi connectivity index (χ3n) is 2.74. The highest BCUT2D eigenvalue weighted by atomic mass is 16.6. The van der Waals surface area contributed by atoms with E-state index in [2.05, 4.69) is 10.3 Å². The molecule has 0 saturated heterocycles. The van der Waals surface area contributed by atoms with Crippen LogP contribution in [-0.4, -0.2) is 32.1 Å². The third kappa shape index (κ3) is 2.59. The normalized spacial score (nSPS) is 11.4. The van der Waals surface area contributed by atoms with E-state index in [1.807, 2.05) is 0 Å². The van der Waals surface area contributed by atoms with Crippen molar-refractivity contribution in [3.63, 3.8) is 0 Å². The maximum Gasteiger partial charge on any atom is 0.273 e. The van der Waals surface area contributed by atoms with E-state index in [1.54, 1.807) is 20.0 Å². The first kappa shape index (κ1) is 13.9. The first-order valence-corrected chi connectivity index (χ1v) is 5.81. The summed E-state index contributed by atoms with van der Waals surface area (Å²) < 4.78 is 6.53. The van der Waals surface area contributed by atoms with Gasteiger partial charge in [0.15, 0.2) is 5.75 Å². The Bertz CT molecular complexity index is 645. The highest BCUT2D eigenvalue weighted by Gasteiger charge is 2.21. The topological polar surface area (TPSA) is 103 Å². The van der Waals surface area contributed by atoms with Gasteiger partial charge in [0, 0.05) is 6.07 Å². The molecule has 1 aromatic carbocycles. The summed E-state index contributed by atoms with van der Waals surface area (Å²) in [5, 5.41) is 28.4. The smallest absolute Gasteiger partial charge is 0.273 e. The Morgan fingerprint density at radius 3 is 2.65 bits per heavy atom. The number of aliphatic hydroxyl groups is 1. The standard InChI is InChI=1S/C12H14N4O4/c1-12(2,17)11-7-15(14-13-11)9-5-4-8(16(18)19)6-10(9)20-3/h4-7,17H,1-3H3. The number of ether oxygens (including phenoxy) is 1. The molecule has 0 spiro atoms. The number of nitro groups is 1. The Morgan fingerprint density at radius 1 is 1.45 bits per heavy atom. The Balaban J connectivity index is 2.47. The Hall–Kier alpha value is -2.48. The number of non-ortho nitro benzene ring substituents is 1. The Morgan fingerprint density at radius 2 is 2.15 bits per heavy atom. The monoisotopic (exact) mass is 278 g/mol. The third-order valence-corrected chi connectivity index (χ3v) is 2.74. The van der Waals surface area contributed by atoms with Gasteiger partial charge in [0.05, 0.1) is 24.3 Å². The Labute approximate surface area is 114 Å². The summed E-state index contributed by atoms with van der Waals surface area (Å²) in [6.45, 7) is 3.18. The number of methoxy groups -OCH3 is 1. The van der Waals surface area contributed by atoms with E-state index in [0.29, 0.717) is 17.1 Å². The molecule has 0 radical (unpaired) electrons. The predicted molar refractivity (Wildman–Crippen MR) is 69.8 cm³/mol. The SMILES string of the molecule is COc1cc([N+](=O)[O-])ccc1-n1cc(C(C)(C)O)nn1. The first-order chi connectivity index (χ1) is 9.32. The molecule has 20 heavy (non-hydrogen) atoms. The van der Waals surface area contributed by atoms with Crippen molar-refractivity contribution in [2.24, 2.45) is 0 Å². The largest absolute Gasteiger partial charge is 0.494 e. The van der Waals surface area contributed by atoms with Crippen molar-refractivity contribution in [1.29, 1.82) is 0 Å². The lowest BCUT2D eigenvalue weighted by molar-refractivity contribution is -0.384. The van der Waals surface area contributed by atoms with Gasteiger partial charge in [-0.1, -0.05) is 5.21 Å². The molecule has 1 N–H and O–H groups in total. The summed E-state index contributed by atoms with van der Waals surface area (Å²) in [4.78, 5) is 10.2. The molecule has 8 heteroatoms. The average Bonchev–Trinajstić information content (AvgIpc) is 2.87. The minimum atomic E-state index is -1.12. The number of hydrogen-bond acceptors (Lipinski definition) is 6. The van der Waals surface area contributed by atoms with Crippen LogP contribution in [0.3, 0.4) is 0 Å². The van der Waals surface area contributed by atoms with E-state index in [-0.39, 0.29) is 5.69 Å². The predicted octanol–water partition coefficient (Wildman–Crippen LogP) is 1.41. The lowest BCUT2D eigenvalue weighted by Crippen LogP contribution is -2.15. The van der Waals surface area contributed by atoms with Crippen LogP contribution in [0.1, 0.15) is 19.5 Å². The molecule has 0 aliphatic heterocycles. The van der Waals surface area contributed by atoms with E-state index in [9.17, 15) is 15.2 Å². The molecule has 0 amide bonds. The van der Waals surface area contributed by atoms with Crippen LogP contribution in [0.25, 0.3) is 5.69 Å². The summed E-state index contributed by atoms with van der Waals surface area (Å²) in [7, 11) is 1.41.